The topological polar surface area (TPSA) is 52.2 Å². The largest absolute Gasteiger partial charge is 0.417 e. The first-order valence-corrected chi connectivity index (χ1v) is 9.40. The van der Waals surface area contributed by atoms with Gasteiger partial charge in [0, 0.05) is 54.5 Å². The zero-order valence-electron chi connectivity index (χ0n) is 16.2. The lowest BCUT2D eigenvalue weighted by atomic mass is 10.1. The fourth-order valence-electron chi connectivity index (χ4n) is 3.66. The van der Waals surface area contributed by atoms with E-state index in [0.29, 0.717) is 37.6 Å². The summed E-state index contributed by atoms with van der Waals surface area (Å²) >= 11 is 0. The van der Waals surface area contributed by atoms with Gasteiger partial charge in [0.15, 0.2) is 0 Å². The van der Waals surface area contributed by atoms with E-state index in [4.69, 9.17) is 0 Å². The van der Waals surface area contributed by atoms with E-state index in [2.05, 4.69) is 9.97 Å². The second-order valence-electron chi connectivity index (χ2n) is 7.32. The molecule has 5 nitrogen and oxygen atoms in total. The zero-order valence-corrected chi connectivity index (χ0v) is 16.2. The maximum Gasteiger partial charge on any atom is 0.417 e. The highest BCUT2D eigenvalue weighted by Crippen LogP contribution is 2.29. The predicted molar refractivity (Wildman–Crippen MR) is 105 cm³/mol. The summed E-state index contributed by atoms with van der Waals surface area (Å²) < 4.78 is 38.1. The van der Waals surface area contributed by atoms with Crippen LogP contribution in [0.3, 0.4) is 0 Å². The number of aryl methyl sites for hydroxylation is 2. The number of anilines is 1. The van der Waals surface area contributed by atoms with Crippen LogP contribution in [0.4, 0.5) is 19.0 Å². The Kier molecular flexibility index (Phi) is 4.72. The third kappa shape index (κ3) is 3.66. The summed E-state index contributed by atoms with van der Waals surface area (Å²) in [6.45, 7) is 6.06. The highest BCUT2D eigenvalue weighted by molar-refractivity contribution is 5.99. The Balaban J connectivity index is 1.44. The molecular weight excluding hydrogens is 381 g/mol. The highest BCUT2D eigenvalue weighted by atomic mass is 19.4. The van der Waals surface area contributed by atoms with Gasteiger partial charge in [-0.05, 0) is 49.7 Å². The number of alkyl halides is 3. The molecule has 3 heterocycles. The summed E-state index contributed by atoms with van der Waals surface area (Å²) in [7, 11) is 0. The number of hydrogen-bond acceptors (Lipinski definition) is 3. The van der Waals surface area contributed by atoms with Crippen LogP contribution in [0.25, 0.3) is 10.9 Å². The van der Waals surface area contributed by atoms with Crippen molar-refractivity contribution in [3.63, 3.8) is 0 Å². The van der Waals surface area contributed by atoms with E-state index in [1.165, 1.54) is 6.07 Å². The van der Waals surface area contributed by atoms with Gasteiger partial charge in [0.2, 0.25) is 0 Å². The molecule has 0 atom stereocenters. The molecule has 1 aliphatic heterocycles. The van der Waals surface area contributed by atoms with Gasteiger partial charge in [-0.15, -0.1) is 0 Å². The van der Waals surface area contributed by atoms with Gasteiger partial charge in [-0.25, -0.2) is 4.98 Å². The number of halogens is 3. The minimum absolute atomic E-state index is 0.0369. The molecular formula is C21H21F3N4O. The van der Waals surface area contributed by atoms with Gasteiger partial charge >= 0.3 is 6.18 Å². The molecule has 0 unspecified atom stereocenters. The van der Waals surface area contributed by atoms with Crippen molar-refractivity contribution >= 4 is 22.6 Å². The van der Waals surface area contributed by atoms with Crippen LogP contribution in [0, 0.1) is 13.8 Å². The van der Waals surface area contributed by atoms with Gasteiger partial charge in [-0.2, -0.15) is 13.2 Å². The molecule has 152 valence electrons. The quantitative estimate of drug-likeness (QED) is 0.700. The van der Waals surface area contributed by atoms with Crippen LogP contribution in [0.1, 0.15) is 27.2 Å². The lowest BCUT2D eigenvalue weighted by Crippen LogP contribution is -2.49. The molecule has 8 heteroatoms. The number of H-pyrrole nitrogens is 1. The van der Waals surface area contributed by atoms with E-state index in [1.54, 1.807) is 4.90 Å². The first kappa shape index (κ1) is 19.3. The molecule has 0 spiro atoms. The number of nitrogens with zero attached hydrogens (tertiary/aromatic N) is 3. The van der Waals surface area contributed by atoms with Gasteiger partial charge in [-0.1, -0.05) is 0 Å². The third-order valence-electron chi connectivity index (χ3n) is 5.52. The summed E-state index contributed by atoms with van der Waals surface area (Å²) in [5.74, 6) is 0.454. The summed E-state index contributed by atoms with van der Waals surface area (Å²) in [6.07, 6.45) is -3.54. The Morgan fingerprint density at radius 3 is 2.41 bits per heavy atom. The van der Waals surface area contributed by atoms with Crippen molar-refractivity contribution in [3.05, 3.63) is 58.9 Å². The van der Waals surface area contributed by atoms with Crippen LogP contribution < -0.4 is 4.90 Å². The fraction of sp³-hybridized carbons (Fsp3) is 0.333. The van der Waals surface area contributed by atoms with E-state index in [9.17, 15) is 18.0 Å². The average Bonchev–Trinajstić information content (AvgIpc) is 3.00. The van der Waals surface area contributed by atoms with Crippen molar-refractivity contribution in [3.8, 4) is 0 Å². The summed E-state index contributed by atoms with van der Waals surface area (Å²) in [5.41, 5.74) is 3.10. The van der Waals surface area contributed by atoms with Crippen molar-refractivity contribution in [1.29, 1.82) is 0 Å². The number of aromatic amines is 1. The first-order valence-electron chi connectivity index (χ1n) is 9.40. The first-order chi connectivity index (χ1) is 13.7. The van der Waals surface area contributed by atoms with Gasteiger partial charge in [-0.3, -0.25) is 4.79 Å². The molecule has 29 heavy (non-hydrogen) atoms. The van der Waals surface area contributed by atoms with Crippen LogP contribution in [0.5, 0.6) is 0 Å². The van der Waals surface area contributed by atoms with Crippen LogP contribution >= 0.6 is 0 Å². The molecule has 1 N–H and O–H groups in total. The molecule has 0 radical (unpaired) electrons. The highest BCUT2D eigenvalue weighted by Gasteiger charge is 2.31. The SMILES string of the molecule is Cc1[nH]c2ccc(C(=O)N3CCN(c4ccc(C(F)(F)F)cn4)CC3)cc2c1C. The minimum Gasteiger partial charge on any atom is -0.358 e. The zero-order chi connectivity index (χ0) is 20.8. The number of aromatic nitrogens is 2. The van der Waals surface area contributed by atoms with Gasteiger partial charge in [0.05, 0.1) is 5.56 Å². The van der Waals surface area contributed by atoms with Gasteiger partial charge in [0.1, 0.15) is 5.82 Å². The second kappa shape index (κ2) is 7.09. The standard InChI is InChI=1S/C21H21F3N4O/c1-13-14(2)26-18-5-3-15(11-17(13)18)20(29)28-9-7-27(8-10-28)19-6-4-16(12-25-19)21(22,23)24/h3-6,11-12,26H,7-10H2,1-2H3. The minimum atomic E-state index is -4.39. The Hall–Kier alpha value is -3.03. The number of rotatable bonds is 2. The Bertz CT molecular complexity index is 1050. The Morgan fingerprint density at radius 2 is 1.79 bits per heavy atom. The maximum absolute atomic E-state index is 12.9. The normalized spacial score (nSPS) is 15.2. The smallest absolute Gasteiger partial charge is 0.358 e. The van der Waals surface area contributed by atoms with Gasteiger partial charge < -0.3 is 14.8 Å². The molecule has 0 bridgehead atoms. The fourth-order valence-corrected chi connectivity index (χ4v) is 3.66. The Labute approximate surface area is 166 Å². The summed E-state index contributed by atoms with van der Waals surface area (Å²) in [5, 5.41) is 1.04. The third-order valence-corrected chi connectivity index (χ3v) is 5.52. The summed E-state index contributed by atoms with van der Waals surface area (Å²) in [4.78, 5) is 23.8. The van der Waals surface area contributed by atoms with Crippen LogP contribution in [0.2, 0.25) is 0 Å². The molecule has 0 saturated carbocycles. The predicted octanol–water partition coefficient (Wildman–Crippen LogP) is 4.16. The number of pyridine rings is 1. The molecule has 4 rings (SSSR count). The lowest BCUT2D eigenvalue weighted by Gasteiger charge is -2.35. The number of benzene rings is 1. The number of hydrogen-bond donors (Lipinski definition) is 1. The molecule has 1 fully saturated rings. The molecule has 0 aliphatic carbocycles. The number of carbonyl (C=O) groups is 1. The van der Waals surface area contributed by atoms with E-state index in [-0.39, 0.29) is 5.91 Å². The molecule has 1 aromatic carbocycles. The number of carbonyl (C=O) groups excluding carboxylic acids is 1. The average molecular weight is 402 g/mol. The van der Waals surface area contributed by atoms with Crippen molar-refractivity contribution in [2.45, 2.75) is 20.0 Å². The molecule has 1 aliphatic rings. The number of nitrogens with one attached hydrogen (secondary N) is 1. The molecule has 1 amide bonds. The monoisotopic (exact) mass is 402 g/mol. The molecule has 3 aromatic rings. The van der Waals surface area contributed by atoms with Crippen LogP contribution in [0.15, 0.2) is 36.5 Å². The molecule has 2 aromatic heterocycles. The number of amides is 1. The van der Waals surface area contributed by atoms with E-state index in [1.807, 2.05) is 36.9 Å². The van der Waals surface area contributed by atoms with Crippen molar-refractivity contribution in [1.82, 2.24) is 14.9 Å². The van der Waals surface area contributed by atoms with Crippen LogP contribution in [-0.4, -0.2) is 47.0 Å². The van der Waals surface area contributed by atoms with Crippen molar-refractivity contribution in [2.24, 2.45) is 0 Å². The van der Waals surface area contributed by atoms with E-state index >= 15 is 0 Å². The molecule has 1 saturated heterocycles. The van der Waals surface area contributed by atoms with Crippen molar-refractivity contribution in [2.75, 3.05) is 31.1 Å². The van der Waals surface area contributed by atoms with Crippen LogP contribution in [-0.2, 0) is 6.18 Å². The number of piperazine rings is 1. The summed E-state index contributed by atoms with van der Waals surface area (Å²) in [6, 6.07) is 8.08. The number of fused-ring (bicyclic) bond motifs is 1. The Morgan fingerprint density at radius 1 is 1.07 bits per heavy atom. The lowest BCUT2D eigenvalue weighted by molar-refractivity contribution is -0.137. The van der Waals surface area contributed by atoms with E-state index in [0.717, 1.165) is 34.4 Å². The second-order valence-corrected chi connectivity index (χ2v) is 7.32. The van der Waals surface area contributed by atoms with E-state index < -0.39 is 11.7 Å². The van der Waals surface area contributed by atoms with Crippen molar-refractivity contribution < 1.29 is 18.0 Å². The van der Waals surface area contributed by atoms with Gasteiger partial charge in [0.25, 0.3) is 5.91 Å². The maximum atomic E-state index is 12.9.